The van der Waals surface area contributed by atoms with Crippen molar-refractivity contribution in [1.29, 1.82) is 5.26 Å². The monoisotopic (exact) mass is 233 g/mol. The average molecular weight is 233 g/mol. The van der Waals surface area contributed by atoms with Gasteiger partial charge < -0.3 is 15.4 Å². The predicted molar refractivity (Wildman–Crippen MR) is 66.0 cm³/mol. The molecule has 0 unspecified atom stereocenters. The zero-order chi connectivity index (χ0) is 12.8. The number of rotatable bonds is 4. The Hall–Kier alpha value is -2.22. The zero-order valence-electron chi connectivity index (χ0n) is 10.1. The molecule has 1 aromatic carbocycles. The molecule has 17 heavy (non-hydrogen) atoms. The van der Waals surface area contributed by atoms with Gasteiger partial charge in [0, 0.05) is 12.6 Å². The van der Waals surface area contributed by atoms with E-state index in [1.165, 1.54) is 6.92 Å². The van der Waals surface area contributed by atoms with Crippen molar-refractivity contribution in [2.75, 3.05) is 17.7 Å². The number of amides is 1. The molecule has 5 nitrogen and oxygen atoms in total. The maximum absolute atomic E-state index is 10.9. The van der Waals surface area contributed by atoms with Gasteiger partial charge in [0.05, 0.1) is 18.9 Å². The highest BCUT2D eigenvalue weighted by molar-refractivity contribution is 5.89. The van der Waals surface area contributed by atoms with Crippen LogP contribution in [-0.2, 0) is 4.79 Å². The summed E-state index contributed by atoms with van der Waals surface area (Å²) in [5.41, 5.74) is 1.33. The van der Waals surface area contributed by atoms with E-state index in [1.807, 2.05) is 0 Å². The van der Waals surface area contributed by atoms with Crippen molar-refractivity contribution in [2.24, 2.45) is 0 Å². The molecule has 0 fully saturated rings. The van der Waals surface area contributed by atoms with Crippen molar-refractivity contribution >= 4 is 17.3 Å². The number of ether oxygens (including phenoxy) is 1. The molecule has 1 amide bonds. The second-order valence-electron chi connectivity index (χ2n) is 3.59. The molecule has 0 aliphatic rings. The quantitative estimate of drug-likeness (QED) is 0.833. The SMILES string of the molecule is COc1ccc(NC(C)=O)cc1N[C@H](C)C#N. The van der Waals surface area contributed by atoms with Gasteiger partial charge in [0.15, 0.2) is 0 Å². The molecule has 0 aliphatic carbocycles. The lowest BCUT2D eigenvalue weighted by Gasteiger charge is -2.14. The first-order valence-electron chi connectivity index (χ1n) is 5.18. The van der Waals surface area contributed by atoms with Crippen LogP contribution in [0.2, 0.25) is 0 Å². The van der Waals surface area contributed by atoms with E-state index in [4.69, 9.17) is 10.00 Å². The zero-order valence-corrected chi connectivity index (χ0v) is 10.1. The van der Waals surface area contributed by atoms with Gasteiger partial charge in [-0.25, -0.2) is 0 Å². The Balaban J connectivity index is 2.98. The van der Waals surface area contributed by atoms with E-state index in [2.05, 4.69) is 16.7 Å². The van der Waals surface area contributed by atoms with E-state index in [0.717, 1.165) is 0 Å². The van der Waals surface area contributed by atoms with Crippen LogP contribution in [0.1, 0.15) is 13.8 Å². The molecule has 0 aliphatic heterocycles. The fourth-order valence-electron chi connectivity index (χ4n) is 1.37. The summed E-state index contributed by atoms with van der Waals surface area (Å²) in [5.74, 6) is 0.482. The van der Waals surface area contributed by atoms with Gasteiger partial charge in [0.25, 0.3) is 0 Å². The Morgan fingerprint density at radius 2 is 2.24 bits per heavy atom. The molecular formula is C12H15N3O2. The van der Waals surface area contributed by atoms with Crippen molar-refractivity contribution in [2.45, 2.75) is 19.9 Å². The van der Waals surface area contributed by atoms with Crippen molar-refractivity contribution < 1.29 is 9.53 Å². The summed E-state index contributed by atoms with van der Waals surface area (Å²) >= 11 is 0. The van der Waals surface area contributed by atoms with Crippen LogP contribution in [0.5, 0.6) is 5.75 Å². The van der Waals surface area contributed by atoms with Crippen molar-refractivity contribution in [3.63, 3.8) is 0 Å². The van der Waals surface area contributed by atoms with Gasteiger partial charge in [0.2, 0.25) is 5.91 Å². The van der Waals surface area contributed by atoms with E-state index in [0.29, 0.717) is 17.1 Å². The summed E-state index contributed by atoms with van der Waals surface area (Å²) in [4.78, 5) is 10.9. The summed E-state index contributed by atoms with van der Waals surface area (Å²) < 4.78 is 5.17. The summed E-state index contributed by atoms with van der Waals surface area (Å²) in [6.45, 7) is 3.18. The van der Waals surface area contributed by atoms with Crippen molar-refractivity contribution in [3.8, 4) is 11.8 Å². The lowest BCUT2D eigenvalue weighted by Crippen LogP contribution is -2.13. The fraction of sp³-hybridized carbons (Fsp3) is 0.333. The van der Waals surface area contributed by atoms with Crippen LogP contribution in [0.25, 0.3) is 0 Å². The molecule has 0 radical (unpaired) electrons. The molecule has 0 aromatic heterocycles. The summed E-state index contributed by atoms with van der Waals surface area (Å²) in [7, 11) is 1.55. The molecule has 5 heteroatoms. The molecule has 90 valence electrons. The average Bonchev–Trinajstić information content (AvgIpc) is 2.28. The van der Waals surface area contributed by atoms with Crippen LogP contribution in [0, 0.1) is 11.3 Å². The van der Waals surface area contributed by atoms with E-state index < -0.39 is 0 Å². The summed E-state index contributed by atoms with van der Waals surface area (Å²) in [5, 5.41) is 14.4. The molecule has 0 heterocycles. The van der Waals surface area contributed by atoms with E-state index in [-0.39, 0.29) is 11.9 Å². The lowest BCUT2D eigenvalue weighted by atomic mass is 10.2. The Morgan fingerprint density at radius 1 is 1.53 bits per heavy atom. The first-order valence-corrected chi connectivity index (χ1v) is 5.18. The van der Waals surface area contributed by atoms with Crippen LogP contribution in [0.4, 0.5) is 11.4 Å². The Labute approximate surface area is 100 Å². The smallest absolute Gasteiger partial charge is 0.221 e. The Bertz CT molecular complexity index is 452. The van der Waals surface area contributed by atoms with Gasteiger partial charge in [-0.05, 0) is 25.1 Å². The minimum Gasteiger partial charge on any atom is -0.495 e. The number of methoxy groups -OCH3 is 1. The summed E-state index contributed by atoms with van der Waals surface area (Å²) in [6, 6.07) is 6.94. The third-order valence-corrected chi connectivity index (χ3v) is 2.09. The fourth-order valence-corrected chi connectivity index (χ4v) is 1.37. The van der Waals surface area contributed by atoms with Gasteiger partial charge in [-0.3, -0.25) is 4.79 Å². The minimum absolute atomic E-state index is 0.144. The maximum Gasteiger partial charge on any atom is 0.221 e. The predicted octanol–water partition coefficient (Wildman–Crippen LogP) is 1.98. The highest BCUT2D eigenvalue weighted by Gasteiger charge is 2.07. The Kier molecular flexibility index (Phi) is 4.35. The van der Waals surface area contributed by atoms with Crippen molar-refractivity contribution in [1.82, 2.24) is 0 Å². The van der Waals surface area contributed by atoms with Gasteiger partial charge in [-0.15, -0.1) is 0 Å². The topological polar surface area (TPSA) is 74.2 Å². The van der Waals surface area contributed by atoms with Crippen LogP contribution in [-0.4, -0.2) is 19.1 Å². The molecule has 1 rings (SSSR count). The van der Waals surface area contributed by atoms with Crippen LogP contribution >= 0.6 is 0 Å². The molecule has 1 aromatic rings. The second-order valence-corrected chi connectivity index (χ2v) is 3.59. The lowest BCUT2D eigenvalue weighted by molar-refractivity contribution is -0.114. The van der Waals surface area contributed by atoms with Crippen molar-refractivity contribution in [3.05, 3.63) is 18.2 Å². The number of benzene rings is 1. The first-order chi connectivity index (χ1) is 8.06. The van der Waals surface area contributed by atoms with E-state index in [1.54, 1.807) is 32.2 Å². The number of hydrogen-bond donors (Lipinski definition) is 2. The third kappa shape index (κ3) is 3.68. The van der Waals surface area contributed by atoms with E-state index in [9.17, 15) is 4.79 Å². The third-order valence-electron chi connectivity index (χ3n) is 2.09. The van der Waals surface area contributed by atoms with Gasteiger partial charge >= 0.3 is 0 Å². The highest BCUT2D eigenvalue weighted by Crippen LogP contribution is 2.28. The molecule has 1 atom stereocenters. The molecule has 0 saturated carbocycles. The molecule has 0 saturated heterocycles. The Morgan fingerprint density at radius 3 is 2.76 bits per heavy atom. The molecule has 0 spiro atoms. The largest absolute Gasteiger partial charge is 0.495 e. The number of nitriles is 1. The molecular weight excluding hydrogens is 218 g/mol. The van der Waals surface area contributed by atoms with Crippen LogP contribution in [0.3, 0.4) is 0 Å². The first kappa shape index (κ1) is 12.8. The molecule has 2 N–H and O–H groups in total. The maximum atomic E-state index is 10.9. The van der Waals surface area contributed by atoms with Gasteiger partial charge in [0.1, 0.15) is 11.8 Å². The second kappa shape index (κ2) is 5.75. The van der Waals surface area contributed by atoms with E-state index >= 15 is 0 Å². The number of hydrogen-bond acceptors (Lipinski definition) is 4. The number of nitrogens with zero attached hydrogens (tertiary/aromatic N) is 1. The van der Waals surface area contributed by atoms with Crippen LogP contribution in [0.15, 0.2) is 18.2 Å². The minimum atomic E-state index is -0.337. The summed E-state index contributed by atoms with van der Waals surface area (Å²) in [6.07, 6.45) is 0. The number of carbonyl (C=O) groups excluding carboxylic acids is 1. The van der Waals surface area contributed by atoms with Gasteiger partial charge in [-0.1, -0.05) is 0 Å². The number of anilines is 2. The normalized spacial score (nSPS) is 11.2. The standard InChI is InChI=1S/C12H15N3O2/c1-8(7-13)14-11-6-10(15-9(2)16)4-5-12(11)17-3/h4-6,8,14H,1-3H3,(H,15,16)/t8-/m1/s1. The number of nitrogens with one attached hydrogen (secondary N) is 2. The van der Waals surface area contributed by atoms with Crippen LogP contribution < -0.4 is 15.4 Å². The van der Waals surface area contributed by atoms with Gasteiger partial charge in [-0.2, -0.15) is 5.26 Å². The highest BCUT2D eigenvalue weighted by atomic mass is 16.5. The molecule has 0 bridgehead atoms. The number of carbonyl (C=O) groups is 1.